The van der Waals surface area contributed by atoms with Crippen molar-refractivity contribution in [2.24, 2.45) is 0 Å². The van der Waals surface area contributed by atoms with E-state index >= 15 is 0 Å². The highest BCUT2D eigenvalue weighted by molar-refractivity contribution is 5.58. The largest absolute Gasteiger partial charge is 0.487 e. The molecule has 0 aliphatic carbocycles. The van der Waals surface area contributed by atoms with E-state index in [1.54, 1.807) is 12.1 Å². The van der Waals surface area contributed by atoms with Gasteiger partial charge in [0, 0.05) is 30.4 Å². The Morgan fingerprint density at radius 2 is 2.40 bits per heavy atom. The maximum Gasteiger partial charge on any atom is 0.311 e. The number of nitrogens with zero attached hydrogens (tertiary/aromatic N) is 1. The lowest BCUT2D eigenvalue weighted by Gasteiger charge is -2.25. The molecule has 1 unspecified atom stereocenters. The number of ether oxygens (including phenoxy) is 1. The van der Waals surface area contributed by atoms with Crippen LogP contribution in [0.2, 0.25) is 0 Å². The lowest BCUT2D eigenvalue weighted by molar-refractivity contribution is -0.385. The number of rotatable bonds is 6. The molecule has 2 N–H and O–H groups in total. The number of nitrogens with one attached hydrogen (secondary N) is 2. The molecule has 6 nitrogen and oxygen atoms in total. The van der Waals surface area contributed by atoms with Gasteiger partial charge in [0.15, 0.2) is 5.75 Å². The minimum absolute atomic E-state index is 0.0192. The van der Waals surface area contributed by atoms with E-state index in [0.29, 0.717) is 18.4 Å². The summed E-state index contributed by atoms with van der Waals surface area (Å²) in [6.07, 6.45) is 3.07. The van der Waals surface area contributed by atoms with E-state index < -0.39 is 4.92 Å². The summed E-state index contributed by atoms with van der Waals surface area (Å²) >= 11 is 0. The minimum atomic E-state index is -0.406. The third-order valence-electron chi connectivity index (χ3n) is 3.29. The third-order valence-corrected chi connectivity index (χ3v) is 3.29. The Balaban J connectivity index is 2.10. The average Bonchev–Trinajstić information content (AvgIpc) is 2.46. The summed E-state index contributed by atoms with van der Waals surface area (Å²) in [6, 6.07) is 5.33. The van der Waals surface area contributed by atoms with Gasteiger partial charge in [-0.2, -0.15) is 0 Å². The molecule has 0 aromatic heterocycles. The molecule has 1 aliphatic rings. The highest BCUT2D eigenvalue weighted by atomic mass is 16.6. The topological polar surface area (TPSA) is 76.4 Å². The van der Waals surface area contributed by atoms with Gasteiger partial charge in [-0.05, 0) is 31.9 Å². The Morgan fingerprint density at radius 1 is 1.55 bits per heavy atom. The van der Waals surface area contributed by atoms with Crippen LogP contribution in [0.5, 0.6) is 5.75 Å². The second-order valence-corrected chi connectivity index (χ2v) is 4.98. The number of nitro groups is 1. The summed E-state index contributed by atoms with van der Waals surface area (Å²) < 4.78 is 5.48. The van der Waals surface area contributed by atoms with Crippen LogP contribution in [0.25, 0.3) is 0 Å². The molecule has 1 saturated heterocycles. The van der Waals surface area contributed by atoms with Gasteiger partial charge in [0.05, 0.1) is 11.5 Å². The molecule has 1 atom stereocenters. The van der Waals surface area contributed by atoms with Crippen LogP contribution < -0.4 is 15.4 Å². The molecule has 1 fully saturated rings. The van der Waals surface area contributed by atoms with Crippen molar-refractivity contribution in [1.82, 2.24) is 5.32 Å². The van der Waals surface area contributed by atoms with E-state index in [4.69, 9.17) is 4.74 Å². The molecule has 1 aromatic carbocycles. The summed E-state index contributed by atoms with van der Waals surface area (Å²) in [5, 5.41) is 17.7. The van der Waals surface area contributed by atoms with Crippen LogP contribution in [0.3, 0.4) is 0 Å². The number of anilines is 1. The van der Waals surface area contributed by atoms with Crippen LogP contribution in [0.15, 0.2) is 18.2 Å². The lowest BCUT2D eigenvalue weighted by atomic mass is 10.1. The quantitative estimate of drug-likeness (QED) is 0.618. The van der Waals surface area contributed by atoms with Crippen LogP contribution in [-0.2, 0) is 0 Å². The molecule has 0 radical (unpaired) electrons. The van der Waals surface area contributed by atoms with E-state index in [1.807, 2.05) is 6.92 Å². The fraction of sp³-hybridized carbons (Fsp3) is 0.571. The predicted octanol–water partition coefficient (Wildman–Crippen LogP) is 2.55. The molecule has 1 aliphatic heterocycles. The van der Waals surface area contributed by atoms with Crippen molar-refractivity contribution in [2.75, 3.05) is 25.0 Å². The van der Waals surface area contributed by atoms with Gasteiger partial charge in [0.2, 0.25) is 0 Å². The number of piperidine rings is 1. The maximum absolute atomic E-state index is 11.0. The molecule has 1 aromatic rings. The normalized spacial score (nSPS) is 18.6. The Bertz CT molecular complexity index is 459. The Labute approximate surface area is 118 Å². The highest BCUT2D eigenvalue weighted by Gasteiger charge is 2.17. The first-order valence-corrected chi connectivity index (χ1v) is 7.09. The predicted molar refractivity (Wildman–Crippen MR) is 78.4 cm³/mol. The Morgan fingerprint density at radius 3 is 3.05 bits per heavy atom. The van der Waals surface area contributed by atoms with Crippen molar-refractivity contribution < 1.29 is 9.66 Å². The summed E-state index contributed by atoms with van der Waals surface area (Å²) in [7, 11) is 0. The smallest absolute Gasteiger partial charge is 0.311 e. The zero-order valence-electron chi connectivity index (χ0n) is 11.7. The van der Waals surface area contributed by atoms with E-state index in [2.05, 4.69) is 10.6 Å². The molecule has 20 heavy (non-hydrogen) atoms. The van der Waals surface area contributed by atoms with Gasteiger partial charge in [-0.15, -0.1) is 0 Å². The molecule has 6 heteroatoms. The second-order valence-electron chi connectivity index (χ2n) is 4.98. The SMILES string of the molecule is CCCOc1cc(NC2CCCNC2)ccc1[N+](=O)[O-]. The van der Waals surface area contributed by atoms with E-state index in [1.165, 1.54) is 6.07 Å². The van der Waals surface area contributed by atoms with Crippen molar-refractivity contribution in [3.8, 4) is 5.75 Å². The molecule has 0 saturated carbocycles. The molecule has 2 rings (SSSR count). The number of hydrogen-bond acceptors (Lipinski definition) is 5. The zero-order valence-corrected chi connectivity index (χ0v) is 11.7. The van der Waals surface area contributed by atoms with Crippen molar-refractivity contribution in [1.29, 1.82) is 0 Å². The third kappa shape index (κ3) is 3.84. The fourth-order valence-electron chi connectivity index (χ4n) is 2.29. The molecule has 110 valence electrons. The van der Waals surface area contributed by atoms with Gasteiger partial charge >= 0.3 is 5.69 Å². The van der Waals surface area contributed by atoms with E-state index in [9.17, 15) is 10.1 Å². The molecule has 0 bridgehead atoms. The zero-order chi connectivity index (χ0) is 14.4. The van der Waals surface area contributed by atoms with Crippen LogP contribution in [-0.4, -0.2) is 30.7 Å². The second kappa shape index (κ2) is 7.09. The van der Waals surface area contributed by atoms with E-state index in [0.717, 1.165) is 38.0 Å². The Hall–Kier alpha value is -1.82. The van der Waals surface area contributed by atoms with Gasteiger partial charge in [-0.25, -0.2) is 0 Å². The van der Waals surface area contributed by atoms with Crippen molar-refractivity contribution in [2.45, 2.75) is 32.2 Å². The molecular formula is C14H21N3O3. The highest BCUT2D eigenvalue weighted by Crippen LogP contribution is 2.30. The van der Waals surface area contributed by atoms with Crippen molar-refractivity contribution in [3.63, 3.8) is 0 Å². The number of benzene rings is 1. The molecule has 1 heterocycles. The summed E-state index contributed by atoms with van der Waals surface area (Å²) in [4.78, 5) is 10.6. The van der Waals surface area contributed by atoms with Crippen LogP contribution >= 0.6 is 0 Å². The fourth-order valence-corrected chi connectivity index (χ4v) is 2.29. The molecule has 0 amide bonds. The first-order chi connectivity index (χ1) is 9.70. The first-order valence-electron chi connectivity index (χ1n) is 7.09. The summed E-state index contributed by atoms with van der Waals surface area (Å²) in [5.41, 5.74) is 0.890. The van der Waals surface area contributed by atoms with Gasteiger partial charge in [0.1, 0.15) is 0 Å². The van der Waals surface area contributed by atoms with Gasteiger partial charge in [-0.1, -0.05) is 6.92 Å². The molecule has 0 spiro atoms. The van der Waals surface area contributed by atoms with Crippen LogP contribution in [0, 0.1) is 10.1 Å². The number of hydrogen-bond donors (Lipinski definition) is 2. The summed E-state index contributed by atoms with van der Waals surface area (Å²) in [6.45, 7) is 4.43. The minimum Gasteiger partial charge on any atom is -0.487 e. The van der Waals surface area contributed by atoms with Gasteiger partial charge < -0.3 is 15.4 Å². The monoisotopic (exact) mass is 279 g/mol. The standard InChI is InChI=1S/C14H21N3O3/c1-2-8-20-14-9-11(5-6-13(14)17(18)19)16-12-4-3-7-15-10-12/h5-6,9,12,15-16H,2-4,7-8,10H2,1H3. The van der Waals surface area contributed by atoms with Gasteiger partial charge in [0.25, 0.3) is 0 Å². The lowest BCUT2D eigenvalue weighted by Crippen LogP contribution is -2.38. The Kier molecular flexibility index (Phi) is 5.17. The van der Waals surface area contributed by atoms with Gasteiger partial charge in [-0.3, -0.25) is 10.1 Å². The van der Waals surface area contributed by atoms with Crippen LogP contribution in [0.1, 0.15) is 26.2 Å². The van der Waals surface area contributed by atoms with Crippen molar-refractivity contribution in [3.05, 3.63) is 28.3 Å². The first kappa shape index (κ1) is 14.6. The van der Waals surface area contributed by atoms with Crippen LogP contribution in [0.4, 0.5) is 11.4 Å². The van der Waals surface area contributed by atoms with Crippen molar-refractivity contribution >= 4 is 11.4 Å². The average molecular weight is 279 g/mol. The van der Waals surface area contributed by atoms with E-state index in [-0.39, 0.29) is 5.69 Å². The summed E-state index contributed by atoms with van der Waals surface area (Å²) in [5.74, 6) is 0.339. The maximum atomic E-state index is 11.0. The number of nitro benzene ring substituents is 1. The molecular weight excluding hydrogens is 258 g/mol.